The van der Waals surface area contributed by atoms with Crippen molar-refractivity contribution in [3.63, 3.8) is 0 Å². The number of anilines is 1. The quantitative estimate of drug-likeness (QED) is 0.870. The summed E-state index contributed by atoms with van der Waals surface area (Å²) in [6, 6.07) is 7.65. The van der Waals surface area contributed by atoms with Gasteiger partial charge >= 0.3 is 0 Å². The Morgan fingerprint density at radius 2 is 2.05 bits per heavy atom. The minimum atomic E-state index is -0.422. The molecule has 4 N–H and O–H groups in total. The van der Waals surface area contributed by atoms with Crippen LogP contribution in [0.3, 0.4) is 0 Å². The highest BCUT2D eigenvalue weighted by atomic mass is 16.2. The van der Waals surface area contributed by atoms with Crippen LogP contribution in [0.15, 0.2) is 47.7 Å². The lowest BCUT2D eigenvalue weighted by Crippen LogP contribution is -2.43. The largest absolute Gasteiger partial charge is 0.399 e. The van der Waals surface area contributed by atoms with Gasteiger partial charge in [-0.1, -0.05) is 24.3 Å². The Hall–Kier alpha value is -2.07. The molecule has 1 aromatic carbocycles. The Morgan fingerprint density at radius 3 is 2.86 bits per heavy atom. The molecule has 0 saturated carbocycles. The molecule has 1 aliphatic carbocycles. The minimum absolute atomic E-state index is 0.00831. The van der Waals surface area contributed by atoms with Gasteiger partial charge in [0.2, 0.25) is 5.91 Å². The van der Waals surface area contributed by atoms with Crippen molar-refractivity contribution in [1.29, 1.82) is 0 Å². The lowest BCUT2D eigenvalue weighted by atomic mass is 10.0. The predicted molar refractivity (Wildman–Crippen MR) is 84.7 cm³/mol. The molecular weight excluding hydrogens is 262 g/mol. The van der Waals surface area contributed by atoms with E-state index in [1.165, 1.54) is 11.1 Å². The van der Waals surface area contributed by atoms with Crippen LogP contribution in [0.25, 0.3) is 0 Å². The molecule has 3 rings (SSSR count). The Bertz CT molecular complexity index is 618. The Morgan fingerprint density at radius 1 is 1.24 bits per heavy atom. The number of carbonyl (C=O) groups is 1. The SMILES string of the molecule is NC1=CCCC(CN2C(=O)C(N)CCc3ccccc32)=C1. The number of amides is 1. The first kappa shape index (κ1) is 13.9. The fourth-order valence-electron chi connectivity index (χ4n) is 3.02. The van der Waals surface area contributed by atoms with Crippen LogP contribution in [0.1, 0.15) is 24.8 Å². The summed E-state index contributed by atoms with van der Waals surface area (Å²) >= 11 is 0. The zero-order chi connectivity index (χ0) is 14.8. The molecule has 1 heterocycles. The van der Waals surface area contributed by atoms with Gasteiger partial charge in [-0.3, -0.25) is 4.79 Å². The van der Waals surface area contributed by atoms with Gasteiger partial charge in [-0.15, -0.1) is 0 Å². The van der Waals surface area contributed by atoms with E-state index in [0.717, 1.165) is 30.6 Å². The molecular formula is C17H21N3O. The highest BCUT2D eigenvalue weighted by Crippen LogP contribution is 2.28. The molecule has 110 valence electrons. The number of nitrogens with two attached hydrogens (primary N) is 2. The van der Waals surface area contributed by atoms with Crippen molar-refractivity contribution in [2.24, 2.45) is 11.5 Å². The second-order valence-corrected chi connectivity index (χ2v) is 5.74. The fourth-order valence-corrected chi connectivity index (χ4v) is 3.02. The summed E-state index contributed by atoms with van der Waals surface area (Å²) in [5, 5.41) is 0. The lowest BCUT2D eigenvalue weighted by Gasteiger charge is -2.26. The van der Waals surface area contributed by atoms with Gasteiger partial charge in [0.15, 0.2) is 0 Å². The number of hydrogen-bond acceptors (Lipinski definition) is 3. The van der Waals surface area contributed by atoms with Crippen molar-refractivity contribution in [2.45, 2.75) is 31.7 Å². The first-order chi connectivity index (χ1) is 10.1. The molecule has 4 nitrogen and oxygen atoms in total. The highest BCUT2D eigenvalue weighted by Gasteiger charge is 2.28. The van der Waals surface area contributed by atoms with Crippen LogP contribution in [0, 0.1) is 0 Å². The third kappa shape index (κ3) is 2.85. The summed E-state index contributed by atoms with van der Waals surface area (Å²) in [4.78, 5) is 14.4. The third-order valence-corrected chi connectivity index (χ3v) is 4.17. The number of allylic oxidation sites excluding steroid dienone is 2. The molecule has 0 saturated heterocycles. The van der Waals surface area contributed by atoms with Gasteiger partial charge in [0.25, 0.3) is 0 Å². The maximum absolute atomic E-state index is 12.6. The second-order valence-electron chi connectivity index (χ2n) is 5.74. The molecule has 0 radical (unpaired) electrons. The van der Waals surface area contributed by atoms with Crippen molar-refractivity contribution in [3.8, 4) is 0 Å². The normalized spacial score (nSPS) is 22.2. The first-order valence-electron chi connectivity index (χ1n) is 7.45. The Kier molecular flexibility index (Phi) is 3.80. The number of para-hydroxylation sites is 1. The monoisotopic (exact) mass is 283 g/mol. The smallest absolute Gasteiger partial charge is 0.244 e. The maximum atomic E-state index is 12.6. The van der Waals surface area contributed by atoms with E-state index in [9.17, 15) is 4.79 Å². The molecule has 2 aliphatic rings. The molecule has 4 heteroatoms. The maximum Gasteiger partial charge on any atom is 0.244 e. The molecule has 21 heavy (non-hydrogen) atoms. The van der Waals surface area contributed by atoms with Crippen LogP contribution < -0.4 is 16.4 Å². The summed E-state index contributed by atoms with van der Waals surface area (Å²) in [7, 11) is 0. The first-order valence-corrected chi connectivity index (χ1v) is 7.45. The van der Waals surface area contributed by atoms with Crippen LogP contribution in [-0.4, -0.2) is 18.5 Å². The van der Waals surface area contributed by atoms with Crippen molar-refractivity contribution < 1.29 is 4.79 Å². The van der Waals surface area contributed by atoms with Gasteiger partial charge in [-0.2, -0.15) is 0 Å². The van der Waals surface area contributed by atoms with Gasteiger partial charge in [0.05, 0.1) is 6.04 Å². The average molecular weight is 283 g/mol. The molecule has 1 amide bonds. The van der Waals surface area contributed by atoms with Gasteiger partial charge in [-0.25, -0.2) is 0 Å². The van der Waals surface area contributed by atoms with E-state index in [1.54, 1.807) is 0 Å². The van der Waals surface area contributed by atoms with Crippen molar-refractivity contribution in [2.75, 3.05) is 11.4 Å². The highest BCUT2D eigenvalue weighted by molar-refractivity contribution is 5.98. The van der Waals surface area contributed by atoms with E-state index in [2.05, 4.69) is 6.07 Å². The summed E-state index contributed by atoms with van der Waals surface area (Å²) < 4.78 is 0. The van der Waals surface area contributed by atoms with E-state index in [1.807, 2.05) is 35.3 Å². The zero-order valence-electron chi connectivity index (χ0n) is 12.1. The van der Waals surface area contributed by atoms with E-state index >= 15 is 0 Å². The number of nitrogens with zero attached hydrogens (tertiary/aromatic N) is 1. The number of fused-ring (bicyclic) bond motifs is 1. The van der Waals surface area contributed by atoms with Gasteiger partial charge in [0, 0.05) is 17.9 Å². The average Bonchev–Trinajstić information content (AvgIpc) is 2.60. The van der Waals surface area contributed by atoms with Crippen LogP contribution in [0.2, 0.25) is 0 Å². The number of benzene rings is 1. The molecule has 1 atom stereocenters. The summed E-state index contributed by atoms with van der Waals surface area (Å²) in [5.74, 6) is 0.00831. The fraction of sp³-hybridized carbons (Fsp3) is 0.353. The molecule has 1 aliphatic heterocycles. The van der Waals surface area contributed by atoms with Crippen molar-refractivity contribution >= 4 is 11.6 Å². The van der Waals surface area contributed by atoms with E-state index in [4.69, 9.17) is 11.5 Å². The van der Waals surface area contributed by atoms with Crippen molar-refractivity contribution in [1.82, 2.24) is 0 Å². The number of carbonyl (C=O) groups excluding carboxylic acids is 1. The number of hydrogen-bond donors (Lipinski definition) is 2. The number of rotatable bonds is 2. The third-order valence-electron chi connectivity index (χ3n) is 4.17. The van der Waals surface area contributed by atoms with Crippen LogP contribution in [-0.2, 0) is 11.2 Å². The van der Waals surface area contributed by atoms with Crippen LogP contribution in [0.4, 0.5) is 5.69 Å². The topological polar surface area (TPSA) is 72.3 Å². The molecule has 0 fully saturated rings. The Labute approximate surface area is 125 Å². The summed E-state index contributed by atoms with van der Waals surface area (Å²) in [5.41, 5.74) is 16.1. The van der Waals surface area contributed by atoms with E-state index < -0.39 is 6.04 Å². The van der Waals surface area contributed by atoms with Gasteiger partial charge < -0.3 is 16.4 Å². The predicted octanol–water partition coefficient (Wildman–Crippen LogP) is 1.86. The molecule has 1 aromatic rings. The van der Waals surface area contributed by atoms with Gasteiger partial charge in [-0.05, 0) is 49.0 Å². The van der Waals surface area contributed by atoms with Crippen LogP contribution in [0.5, 0.6) is 0 Å². The van der Waals surface area contributed by atoms with E-state index in [0.29, 0.717) is 13.0 Å². The van der Waals surface area contributed by atoms with Gasteiger partial charge in [0.1, 0.15) is 0 Å². The summed E-state index contributed by atoms with van der Waals surface area (Å²) in [6.45, 7) is 0.581. The second kappa shape index (κ2) is 5.74. The molecule has 0 bridgehead atoms. The number of aryl methyl sites for hydroxylation is 1. The molecule has 0 spiro atoms. The minimum Gasteiger partial charge on any atom is -0.399 e. The van der Waals surface area contributed by atoms with E-state index in [-0.39, 0.29) is 5.91 Å². The molecule has 1 unspecified atom stereocenters. The summed E-state index contributed by atoms with van der Waals surface area (Å²) in [6.07, 6.45) is 7.44. The van der Waals surface area contributed by atoms with Crippen LogP contribution >= 0.6 is 0 Å². The Balaban J connectivity index is 1.94. The lowest BCUT2D eigenvalue weighted by molar-refractivity contribution is -0.119. The standard InChI is InChI=1S/C17H21N3O/c18-14-6-3-4-12(10-14)11-20-16-7-2-1-5-13(16)8-9-15(19)17(20)21/h1-2,5-7,10,15H,3-4,8-9,11,18-19H2. The molecule has 0 aromatic heterocycles. The van der Waals surface area contributed by atoms with Crippen molar-refractivity contribution in [3.05, 3.63) is 53.3 Å². The zero-order valence-corrected chi connectivity index (χ0v) is 12.1.